The Morgan fingerprint density at radius 3 is 2.56 bits per heavy atom. The van der Waals surface area contributed by atoms with Crippen molar-refractivity contribution >= 4 is 0 Å². The molecule has 0 aliphatic carbocycles. The quantitative estimate of drug-likeness (QED) is 0.639. The Balaban J connectivity index is 1.95. The van der Waals surface area contributed by atoms with Crippen LogP contribution in [0.15, 0.2) is 54.6 Å². The molecule has 92 valence electrons. The highest BCUT2D eigenvalue weighted by atomic mass is 16.5. The number of ether oxygens (including phenoxy) is 1. The molecule has 0 aromatic heterocycles. The van der Waals surface area contributed by atoms with Gasteiger partial charge >= 0.3 is 0 Å². The smallest absolute Gasteiger partial charge is 0.122 e. The van der Waals surface area contributed by atoms with Crippen molar-refractivity contribution in [3.63, 3.8) is 0 Å². The number of nitrogens with one attached hydrogen (secondary N) is 1. The van der Waals surface area contributed by atoms with Gasteiger partial charge in [-0.1, -0.05) is 48.5 Å². The molecule has 2 atom stereocenters. The van der Waals surface area contributed by atoms with E-state index in [4.69, 9.17) is 10.6 Å². The fourth-order valence-electron chi connectivity index (χ4n) is 2.57. The lowest BCUT2D eigenvalue weighted by molar-refractivity contribution is 0.300. The fourth-order valence-corrected chi connectivity index (χ4v) is 2.57. The monoisotopic (exact) mass is 240 g/mol. The van der Waals surface area contributed by atoms with E-state index in [2.05, 4.69) is 23.6 Å². The van der Waals surface area contributed by atoms with Gasteiger partial charge in [-0.05, 0) is 11.6 Å². The lowest BCUT2D eigenvalue weighted by Gasteiger charge is -2.22. The van der Waals surface area contributed by atoms with Crippen LogP contribution in [-0.4, -0.2) is 6.61 Å². The topological polar surface area (TPSA) is 47.3 Å². The summed E-state index contributed by atoms with van der Waals surface area (Å²) >= 11 is 0. The minimum Gasteiger partial charge on any atom is -0.493 e. The minimum atomic E-state index is 0.0786. The molecule has 18 heavy (non-hydrogen) atoms. The Morgan fingerprint density at radius 1 is 1.06 bits per heavy atom. The van der Waals surface area contributed by atoms with Gasteiger partial charge < -0.3 is 4.74 Å². The van der Waals surface area contributed by atoms with Gasteiger partial charge in [-0.15, -0.1) is 0 Å². The molecule has 2 aromatic rings. The number of fused-ring (bicyclic) bond motifs is 1. The number of rotatable bonds is 3. The van der Waals surface area contributed by atoms with E-state index in [9.17, 15) is 0 Å². The van der Waals surface area contributed by atoms with E-state index in [-0.39, 0.29) is 12.0 Å². The van der Waals surface area contributed by atoms with Crippen LogP contribution in [-0.2, 0) is 0 Å². The van der Waals surface area contributed by atoms with Crippen LogP contribution in [0.4, 0.5) is 0 Å². The van der Waals surface area contributed by atoms with E-state index < -0.39 is 0 Å². The van der Waals surface area contributed by atoms with Crippen molar-refractivity contribution in [2.24, 2.45) is 5.84 Å². The molecule has 2 aromatic carbocycles. The molecule has 1 aliphatic heterocycles. The maximum atomic E-state index is 5.74. The summed E-state index contributed by atoms with van der Waals surface area (Å²) < 4.78 is 5.72. The Labute approximate surface area is 107 Å². The van der Waals surface area contributed by atoms with Gasteiger partial charge in [0, 0.05) is 11.5 Å². The summed E-state index contributed by atoms with van der Waals surface area (Å²) in [5, 5.41) is 0. The molecule has 0 radical (unpaired) electrons. The van der Waals surface area contributed by atoms with E-state index >= 15 is 0 Å². The van der Waals surface area contributed by atoms with Crippen LogP contribution in [0, 0.1) is 0 Å². The van der Waals surface area contributed by atoms with Crippen LogP contribution in [0.3, 0.4) is 0 Å². The molecular formula is C15H16N2O. The van der Waals surface area contributed by atoms with E-state index in [0.717, 1.165) is 5.75 Å². The Hall–Kier alpha value is -1.84. The molecule has 0 saturated carbocycles. The standard InChI is InChI=1S/C15H16N2O/c16-17-15(11-6-2-1-3-7-11)13-10-18-14-9-5-4-8-12(13)14/h1-9,13,15,17H,10,16H2. The summed E-state index contributed by atoms with van der Waals surface area (Å²) in [6.45, 7) is 0.670. The molecule has 3 N–H and O–H groups in total. The number of para-hydroxylation sites is 1. The molecule has 3 nitrogen and oxygen atoms in total. The van der Waals surface area contributed by atoms with Crippen molar-refractivity contribution in [1.29, 1.82) is 0 Å². The third-order valence-electron chi connectivity index (χ3n) is 3.48. The molecule has 0 fully saturated rings. The molecular weight excluding hydrogens is 224 g/mol. The van der Waals surface area contributed by atoms with Crippen LogP contribution in [0.1, 0.15) is 23.1 Å². The SMILES string of the molecule is NNC(c1ccccc1)C1COc2ccccc21. The number of hydrogen-bond acceptors (Lipinski definition) is 3. The van der Waals surface area contributed by atoms with Crippen molar-refractivity contribution in [2.75, 3.05) is 6.61 Å². The predicted octanol–water partition coefficient (Wildman–Crippen LogP) is 2.37. The van der Waals surface area contributed by atoms with Gasteiger partial charge in [0.25, 0.3) is 0 Å². The Kier molecular flexibility index (Phi) is 3.00. The lowest BCUT2D eigenvalue weighted by atomic mass is 9.89. The Bertz CT molecular complexity index is 527. The van der Waals surface area contributed by atoms with E-state index in [0.29, 0.717) is 6.61 Å². The van der Waals surface area contributed by atoms with E-state index in [1.54, 1.807) is 0 Å². The zero-order chi connectivity index (χ0) is 12.4. The Morgan fingerprint density at radius 2 is 1.78 bits per heavy atom. The first kappa shape index (κ1) is 11.3. The van der Waals surface area contributed by atoms with Crippen LogP contribution >= 0.6 is 0 Å². The molecule has 0 saturated heterocycles. The van der Waals surface area contributed by atoms with Crippen molar-refractivity contribution in [2.45, 2.75) is 12.0 Å². The molecule has 1 heterocycles. The summed E-state index contributed by atoms with van der Waals surface area (Å²) in [6.07, 6.45) is 0. The second-order valence-corrected chi connectivity index (χ2v) is 4.51. The number of hydrazine groups is 1. The number of hydrogen-bond donors (Lipinski definition) is 2. The van der Waals surface area contributed by atoms with Crippen LogP contribution in [0.25, 0.3) is 0 Å². The molecule has 1 aliphatic rings. The highest BCUT2D eigenvalue weighted by Gasteiger charge is 2.31. The van der Waals surface area contributed by atoms with Crippen molar-refractivity contribution in [3.05, 3.63) is 65.7 Å². The second-order valence-electron chi connectivity index (χ2n) is 4.51. The first-order valence-corrected chi connectivity index (χ1v) is 6.13. The van der Waals surface area contributed by atoms with Crippen molar-refractivity contribution in [1.82, 2.24) is 5.43 Å². The highest BCUT2D eigenvalue weighted by Crippen LogP contribution is 2.40. The van der Waals surface area contributed by atoms with E-state index in [1.807, 2.05) is 36.4 Å². The average Bonchev–Trinajstić information content (AvgIpc) is 2.85. The van der Waals surface area contributed by atoms with Gasteiger partial charge in [0.15, 0.2) is 0 Å². The first-order chi connectivity index (χ1) is 8.90. The summed E-state index contributed by atoms with van der Waals surface area (Å²) in [4.78, 5) is 0. The van der Waals surface area contributed by atoms with Crippen molar-refractivity contribution < 1.29 is 4.74 Å². The molecule has 0 amide bonds. The molecule has 2 unspecified atom stereocenters. The summed E-state index contributed by atoms with van der Waals surface area (Å²) in [7, 11) is 0. The number of nitrogens with two attached hydrogens (primary N) is 1. The predicted molar refractivity (Wildman–Crippen MR) is 71.2 cm³/mol. The van der Waals surface area contributed by atoms with Gasteiger partial charge in [0.2, 0.25) is 0 Å². The normalized spacial score (nSPS) is 19.1. The average molecular weight is 240 g/mol. The van der Waals surface area contributed by atoms with Gasteiger partial charge in [-0.3, -0.25) is 11.3 Å². The summed E-state index contributed by atoms with van der Waals surface area (Å²) in [6, 6.07) is 18.5. The van der Waals surface area contributed by atoms with Gasteiger partial charge in [-0.2, -0.15) is 0 Å². The largest absolute Gasteiger partial charge is 0.493 e. The third kappa shape index (κ3) is 1.88. The first-order valence-electron chi connectivity index (χ1n) is 6.13. The van der Waals surface area contributed by atoms with Crippen LogP contribution < -0.4 is 16.0 Å². The van der Waals surface area contributed by atoms with Gasteiger partial charge in [0.05, 0.1) is 12.6 Å². The minimum absolute atomic E-state index is 0.0786. The number of benzene rings is 2. The summed E-state index contributed by atoms with van der Waals surface area (Å²) in [5.41, 5.74) is 5.33. The molecule has 3 rings (SSSR count). The van der Waals surface area contributed by atoms with Crippen LogP contribution in [0.5, 0.6) is 5.75 Å². The summed E-state index contributed by atoms with van der Waals surface area (Å²) in [5.74, 6) is 6.97. The molecule has 0 bridgehead atoms. The van der Waals surface area contributed by atoms with Crippen LogP contribution in [0.2, 0.25) is 0 Å². The van der Waals surface area contributed by atoms with Gasteiger partial charge in [-0.25, -0.2) is 0 Å². The van der Waals surface area contributed by atoms with E-state index in [1.165, 1.54) is 11.1 Å². The third-order valence-corrected chi connectivity index (χ3v) is 3.48. The molecule has 3 heteroatoms. The lowest BCUT2D eigenvalue weighted by Crippen LogP contribution is -2.33. The van der Waals surface area contributed by atoms with Crippen molar-refractivity contribution in [3.8, 4) is 5.75 Å². The second kappa shape index (κ2) is 4.80. The fraction of sp³-hybridized carbons (Fsp3) is 0.200. The van der Waals surface area contributed by atoms with Gasteiger partial charge in [0.1, 0.15) is 5.75 Å². The maximum absolute atomic E-state index is 5.74. The zero-order valence-corrected chi connectivity index (χ0v) is 10.0. The highest BCUT2D eigenvalue weighted by molar-refractivity contribution is 5.42. The maximum Gasteiger partial charge on any atom is 0.122 e. The molecule has 0 spiro atoms. The zero-order valence-electron chi connectivity index (χ0n) is 10.0.